The first-order valence-corrected chi connectivity index (χ1v) is 7.91. The van der Waals surface area contributed by atoms with Crippen LogP contribution in [0.4, 0.5) is 5.69 Å². The van der Waals surface area contributed by atoms with Gasteiger partial charge in [0, 0.05) is 23.6 Å². The van der Waals surface area contributed by atoms with Gasteiger partial charge in [-0.2, -0.15) is 0 Å². The van der Waals surface area contributed by atoms with Gasteiger partial charge in [0.15, 0.2) is 0 Å². The number of carbonyl (C=O) groups excluding carboxylic acids is 1. The highest BCUT2D eigenvalue weighted by atomic mass is 32.2. The number of fused-ring (bicyclic) bond motifs is 1. The molecule has 0 radical (unpaired) electrons. The molecule has 1 amide bonds. The number of hydrogen-bond acceptors (Lipinski definition) is 5. The highest BCUT2D eigenvalue weighted by Gasteiger charge is 2.30. The minimum absolute atomic E-state index is 0.170. The molecular formula is C14H12N4O3S. The Morgan fingerprint density at radius 2 is 1.91 bits per heavy atom. The van der Waals surface area contributed by atoms with Gasteiger partial charge in [0.25, 0.3) is 10.0 Å². The maximum absolute atomic E-state index is 11.9. The molecule has 0 saturated carbocycles. The summed E-state index contributed by atoms with van der Waals surface area (Å²) in [4.78, 5) is 19.9. The monoisotopic (exact) mass is 316 g/mol. The minimum atomic E-state index is -3.58. The van der Waals surface area contributed by atoms with Crippen molar-refractivity contribution in [3.63, 3.8) is 0 Å². The summed E-state index contributed by atoms with van der Waals surface area (Å²) >= 11 is 0. The van der Waals surface area contributed by atoms with E-state index in [1.54, 1.807) is 42.7 Å². The molecular weight excluding hydrogens is 304 g/mol. The quantitative estimate of drug-likeness (QED) is 0.873. The van der Waals surface area contributed by atoms with E-state index in [2.05, 4.69) is 20.0 Å². The maximum Gasteiger partial charge on any atom is 0.263 e. The van der Waals surface area contributed by atoms with E-state index in [1.165, 1.54) is 6.07 Å². The Bertz CT molecular complexity index is 847. The second-order valence-corrected chi connectivity index (χ2v) is 6.20. The van der Waals surface area contributed by atoms with Crippen LogP contribution in [0.5, 0.6) is 0 Å². The molecule has 2 N–H and O–H groups in total. The summed E-state index contributed by atoms with van der Waals surface area (Å²) in [5.74, 6) is -0.164. The molecule has 1 aliphatic heterocycles. The van der Waals surface area contributed by atoms with E-state index in [-0.39, 0.29) is 23.2 Å². The van der Waals surface area contributed by atoms with E-state index in [0.29, 0.717) is 11.3 Å². The van der Waals surface area contributed by atoms with E-state index in [4.69, 9.17) is 0 Å². The predicted octanol–water partition coefficient (Wildman–Crippen LogP) is 0.759. The molecule has 0 saturated heterocycles. The molecule has 1 aromatic heterocycles. The number of hydrogen-bond donors (Lipinski definition) is 2. The number of nitrogens with zero attached hydrogens (tertiary/aromatic N) is 2. The zero-order valence-corrected chi connectivity index (χ0v) is 12.2. The summed E-state index contributed by atoms with van der Waals surface area (Å²) in [6.45, 7) is -0.186. The van der Waals surface area contributed by atoms with Gasteiger partial charge in [-0.05, 0) is 24.3 Å². The SMILES string of the molecule is O=C(CN=C1NS(=O)(=O)c2ccccc21)Nc1ccncc1. The molecule has 8 heteroatoms. The summed E-state index contributed by atoms with van der Waals surface area (Å²) in [5.41, 5.74) is 1.08. The molecule has 0 spiro atoms. The van der Waals surface area contributed by atoms with Crippen LogP contribution in [0.25, 0.3) is 0 Å². The third-order valence-electron chi connectivity index (χ3n) is 3.01. The van der Waals surface area contributed by atoms with Crippen molar-refractivity contribution in [1.82, 2.24) is 9.71 Å². The van der Waals surface area contributed by atoms with Crippen LogP contribution < -0.4 is 10.0 Å². The number of amidine groups is 1. The van der Waals surface area contributed by atoms with Gasteiger partial charge in [0.05, 0.1) is 4.90 Å². The Hall–Kier alpha value is -2.74. The second-order valence-electron chi connectivity index (χ2n) is 4.55. The zero-order valence-electron chi connectivity index (χ0n) is 11.4. The van der Waals surface area contributed by atoms with Crippen molar-refractivity contribution in [3.8, 4) is 0 Å². The summed E-state index contributed by atoms with van der Waals surface area (Å²) in [5, 5.41) is 2.65. The molecule has 0 unspecified atom stereocenters. The number of carbonyl (C=O) groups is 1. The lowest BCUT2D eigenvalue weighted by atomic mass is 10.2. The summed E-state index contributed by atoms with van der Waals surface area (Å²) in [6, 6.07) is 9.80. The largest absolute Gasteiger partial charge is 0.324 e. The Balaban J connectivity index is 1.76. The molecule has 2 aromatic rings. The summed E-state index contributed by atoms with van der Waals surface area (Å²) in [6.07, 6.45) is 3.12. The van der Waals surface area contributed by atoms with Crippen molar-refractivity contribution in [2.24, 2.45) is 4.99 Å². The van der Waals surface area contributed by atoms with Crippen molar-refractivity contribution in [3.05, 3.63) is 54.4 Å². The van der Waals surface area contributed by atoms with Gasteiger partial charge in [-0.3, -0.25) is 19.5 Å². The number of benzene rings is 1. The molecule has 7 nitrogen and oxygen atoms in total. The Morgan fingerprint density at radius 1 is 1.18 bits per heavy atom. The Morgan fingerprint density at radius 3 is 2.68 bits per heavy atom. The van der Waals surface area contributed by atoms with E-state index in [9.17, 15) is 13.2 Å². The normalized spacial score (nSPS) is 16.8. The van der Waals surface area contributed by atoms with Gasteiger partial charge in [0.2, 0.25) is 5.91 Å². The zero-order chi connectivity index (χ0) is 15.6. The number of sulfonamides is 1. The van der Waals surface area contributed by atoms with E-state index >= 15 is 0 Å². The number of nitrogens with one attached hydrogen (secondary N) is 2. The van der Waals surface area contributed by atoms with Gasteiger partial charge in [-0.25, -0.2) is 8.42 Å². The van der Waals surface area contributed by atoms with Crippen LogP contribution in [0, 0.1) is 0 Å². The molecule has 0 aliphatic carbocycles. The lowest BCUT2D eigenvalue weighted by molar-refractivity contribution is -0.114. The smallest absolute Gasteiger partial charge is 0.263 e. The fourth-order valence-electron chi connectivity index (χ4n) is 2.04. The summed E-state index contributed by atoms with van der Waals surface area (Å²) < 4.78 is 26.1. The van der Waals surface area contributed by atoms with Crippen LogP contribution in [0.3, 0.4) is 0 Å². The predicted molar refractivity (Wildman–Crippen MR) is 81.0 cm³/mol. The first kappa shape index (κ1) is 14.2. The van der Waals surface area contributed by atoms with Gasteiger partial charge in [-0.1, -0.05) is 12.1 Å². The van der Waals surface area contributed by atoms with Crippen LogP contribution in [0.1, 0.15) is 5.56 Å². The van der Waals surface area contributed by atoms with Gasteiger partial charge >= 0.3 is 0 Å². The Kier molecular flexibility index (Phi) is 3.60. The van der Waals surface area contributed by atoms with Crippen LogP contribution >= 0.6 is 0 Å². The lowest BCUT2D eigenvalue weighted by Gasteiger charge is -2.03. The van der Waals surface area contributed by atoms with Gasteiger partial charge < -0.3 is 5.32 Å². The highest BCUT2D eigenvalue weighted by Crippen LogP contribution is 2.22. The first-order valence-electron chi connectivity index (χ1n) is 6.43. The first-order chi connectivity index (χ1) is 10.6. The lowest BCUT2D eigenvalue weighted by Crippen LogP contribution is -2.24. The average Bonchev–Trinajstić information content (AvgIpc) is 2.78. The van der Waals surface area contributed by atoms with Crippen molar-refractivity contribution < 1.29 is 13.2 Å². The number of pyridine rings is 1. The molecule has 0 fully saturated rings. The van der Waals surface area contributed by atoms with Crippen molar-refractivity contribution in [1.29, 1.82) is 0 Å². The topological polar surface area (TPSA) is 101 Å². The van der Waals surface area contributed by atoms with Crippen LogP contribution in [0.15, 0.2) is 58.7 Å². The van der Waals surface area contributed by atoms with E-state index in [1.807, 2.05) is 0 Å². The van der Waals surface area contributed by atoms with E-state index < -0.39 is 10.0 Å². The summed E-state index contributed by atoms with van der Waals surface area (Å²) in [7, 11) is -3.58. The third-order valence-corrected chi connectivity index (χ3v) is 4.40. The number of anilines is 1. The minimum Gasteiger partial charge on any atom is -0.324 e. The van der Waals surface area contributed by atoms with Crippen LogP contribution in [-0.4, -0.2) is 31.7 Å². The number of rotatable bonds is 3. The van der Waals surface area contributed by atoms with Crippen molar-refractivity contribution >= 4 is 27.5 Å². The molecule has 3 rings (SSSR count). The van der Waals surface area contributed by atoms with Gasteiger partial charge in [0.1, 0.15) is 12.4 Å². The fraction of sp³-hybridized carbons (Fsp3) is 0.0714. The Labute approximate surface area is 127 Å². The molecule has 0 atom stereocenters. The van der Waals surface area contributed by atoms with Crippen molar-refractivity contribution in [2.75, 3.05) is 11.9 Å². The molecule has 1 aromatic carbocycles. The van der Waals surface area contributed by atoms with Crippen molar-refractivity contribution in [2.45, 2.75) is 4.90 Å². The fourth-order valence-corrected chi connectivity index (χ4v) is 3.29. The number of amides is 1. The van der Waals surface area contributed by atoms with E-state index in [0.717, 1.165) is 0 Å². The molecule has 2 heterocycles. The number of aromatic nitrogens is 1. The second kappa shape index (κ2) is 5.57. The van der Waals surface area contributed by atoms with Gasteiger partial charge in [-0.15, -0.1) is 0 Å². The maximum atomic E-state index is 11.9. The molecule has 1 aliphatic rings. The number of aliphatic imine (C=N–C) groups is 1. The average molecular weight is 316 g/mol. The molecule has 22 heavy (non-hydrogen) atoms. The molecule has 112 valence electrons. The van der Waals surface area contributed by atoms with Crippen LogP contribution in [-0.2, 0) is 14.8 Å². The van der Waals surface area contributed by atoms with Crippen LogP contribution in [0.2, 0.25) is 0 Å². The molecule has 0 bridgehead atoms. The third kappa shape index (κ3) is 2.82. The standard InChI is InChI=1S/C14H12N4O3S/c19-13(17-10-5-7-15-8-6-10)9-16-14-11-3-1-2-4-12(11)22(20,21)18-14/h1-8H,9H2,(H,16,18)(H,15,17,19). The highest BCUT2D eigenvalue weighted by molar-refractivity contribution is 7.90.